The summed E-state index contributed by atoms with van der Waals surface area (Å²) < 4.78 is 32.9. The molecule has 0 aromatic heterocycles. The second-order valence-corrected chi connectivity index (χ2v) is 9.47. The maximum Gasteiger partial charge on any atom is 0.697 e. The van der Waals surface area contributed by atoms with Gasteiger partial charge in [0, 0.05) is 15.7 Å². The molecule has 0 saturated heterocycles. The summed E-state index contributed by atoms with van der Waals surface area (Å²) in [5.74, 6) is 1.25. The van der Waals surface area contributed by atoms with Crippen molar-refractivity contribution in [3.05, 3.63) is 23.3 Å². The van der Waals surface area contributed by atoms with Crippen LogP contribution in [0.25, 0.3) is 0 Å². The molecule has 1 aromatic carbocycles. The highest BCUT2D eigenvalue weighted by Crippen LogP contribution is 2.42. The SMILES string of the molecule is COc1cc(C(O[SiH](C)C)O[P+](=O)O)cc(OC)c1C(C)(C)C. The largest absolute Gasteiger partial charge is 0.697 e. The molecule has 0 spiro atoms. The van der Waals surface area contributed by atoms with Crippen LogP contribution in [0.2, 0.25) is 13.1 Å². The molecule has 2 unspecified atom stereocenters. The van der Waals surface area contributed by atoms with Crippen molar-refractivity contribution < 1.29 is 27.9 Å². The molecule has 2 atom stereocenters. The van der Waals surface area contributed by atoms with Crippen molar-refractivity contribution in [2.75, 3.05) is 14.2 Å². The summed E-state index contributed by atoms with van der Waals surface area (Å²) in [6.45, 7) is 10.1. The van der Waals surface area contributed by atoms with E-state index in [0.29, 0.717) is 17.1 Å². The number of methoxy groups -OCH3 is 2. The van der Waals surface area contributed by atoms with Crippen molar-refractivity contribution in [2.45, 2.75) is 45.6 Å². The lowest BCUT2D eigenvalue weighted by molar-refractivity contribution is 0.000304. The van der Waals surface area contributed by atoms with E-state index in [9.17, 15) is 4.57 Å². The first-order valence-corrected chi connectivity index (χ1v) is 11.3. The fraction of sp³-hybridized carbons (Fsp3) is 0.600. The fourth-order valence-electron chi connectivity index (χ4n) is 2.30. The highest BCUT2D eigenvalue weighted by molar-refractivity contribution is 7.32. The van der Waals surface area contributed by atoms with Gasteiger partial charge in [0.25, 0.3) is 0 Å². The van der Waals surface area contributed by atoms with Crippen LogP contribution in [0.15, 0.2) is 12.1 Å². The Bertz CT molecular complexity index is 530. The van der Waals surface area contributed by atoms with Crippen molar-refractivity contribution in [1.82, 2.24) is 0 Å². The Balaban J connectivity index is 3.43. The smallest absolute Gasteiger partial charge is 0.496 e. The summed E-state index contributed by atoms with van der Waals surface area (Å²) in [6.07, 6.45) is -0.924. The summed E-state index contributed by atoms with van der Waals surface area (Å²) in [4.78, 5) is 9.09. The topological polar surface area (TPSA) is 74.2 Å². The van der Waals surface area contributed by atoms with E-state index in [1.165, 1.54) is 0 Å². The first-order chi connectivity index (χ1) is 10.6. The molecule has 0 heterocycles. The molecule has 0 saturated carbocycles. The molecular weight excluding hydrogens is 335 g/mol. The predicted molar refractivity (Wildman–Crippen MR) is 91.9 cm³/mol. The molecule has 0 radical (unpaired) electrons. The standard InChI is InChI=1S/C15H25O6PSi/c1-15(2,3)13-11(18-4)8-10(9-12(13)19-5)14(20-22(16)17)21-23(6)7/h8-9,14,23H,1-7H3/p+1. The van der Waals surface area contributed by atoms with Gasteiger partial charge >= 0.3 is 8.25 Å². The average molecular weight is 361 g/mol. The molecule has 0 fully saturated rings. The third-order valence-corrected chi connectivity index (χ3v) is 4.30. The fourth-order valence-corrected chi connectivity index (χ4v) is 3.44. The van der Waals surface area contributed by atoms with E-state index in [4.69, 9.17) is 23.3 Å². The molecule has 0 aliphatic heterocycles. The van der Waals surface area contributed by atoms with Gasteiger partial charge in [0.1, 0.15) is 11.5 Å². The molecule has 8 heteroatoms. The molecule has 1 aromatic rings. The molecule has 0 bridgehead atoms. The highest BCUT2D eigenvalue weighted by atomic mass is 31.1. The molecule has 0 amide bonds. The average Bonchev–Trinajstić information content (AvgIpc) is 2.42. The third kappa shape index (κ3) is 5.55. The molecule has 130 valence electrons. The van der Waals surface area contributed by atoms with E-state index < -0.39 is 23.6 Å². The van der Waals surface area contributed by atoms with Gasteiger partial charge in [-0.25, -0.2) is 0 Å². The van der Waals surface area contributed by atoms with Crippen LogP contribution in [0.1, 0.15) is 38.2 Å². The Labute approximate surface area is 140 Å². The van der Waals surface area contributed by atoms with E-state index in [2.05, 4.69) is 20.8 Å². The van der Waals surface area contributed by atoms with Crippen LogP contribution in [0.4, 0.5) is 0 Å². The minimum Gasteiger partial charge on any atom is -0.496 e. The minimum atomic E-state index is -2.79. The van der Waals surface area contributed by atoms with Gasteiger partial charge in [-0.15, -0.1) is 4.89 Å². The normalized spacial score (nSPS) is 13.9. The molecule has 1 rings (SSSR count). The monoisotopic (exact) mass is 361 g/mol. The Morgan fingerprint density at radius 1 is 1.13 bits per heavy atom. The van der Waals surface area contributed by atoms with Crippen LogP contribution >= 0.6 is 8.25 Å². The number of ether oxygens (including phenoxy) is 2. The van der Waals surface area contributed by atoms with Gasteiger partial charge in [-0.3, -0.25) is 0 Å². The zero-order valence-electron chi connectivity index (χ0n) is 14.7. The van der Waals surface area contributed by atoms with Crippen molar-refractivity contribution in [2.24, 2.45) is 0 Å². The van der Waals surface area contributed by atoms with Crippen molar-refractivity contribution in [3.63, 3.8) is 0 Å². The van der Waals surface area contributed by atoms with Gasteiger partial charge in [0.15, 0.2) is 9.04 Å². The van der Waals surface area contributed by atoms with Gasteiger partial charge in [-0.05, 0) is 30.6 Å². The van der Waals surface area contributed by atoms with Gasteiger partial charge < -0.3 is 13.9 Å². The first kappa shape index (κ1) is 20.1. The quantitative estimate of drug-likeness (QED) is 0.454. The lowest BCUT2D eigenvalue weighted by atomic mass is 9.85. The van der Waals surface area contributed by atoms with Gasteiger partial charge in [0.05, 0.1) is 14.2 Å². The lowest BCUT2D eigenvalue weighted by Gasteiger charge is -2.26. The van der Waals surface area contributed by atoms with E-state index in [1.54, 1.807) is 26.4 Å². The van der Waals surface area contributed by atoms with Crippen molar-refractivity contribution in [3.8, 4) is 11.5 Å². The van der Waals surface area contributed by atoms with E-state index in [-0.39, 0.29) is 5.41 Å². The zero-order chi connectivity index (χ0) is 17.8. The van der Waals surface area contributed by atoms with Crippen LogP contribution in [0.3, 0.4) is 0 Å². The van der Waals surface area contributed by atoms with Gasteiger partial charge in [-0.2, -0.15) is 0 Å². The van der Waals surface area contributed by atoms with Gasteiger partial charge in [0.2, 0.25) is 6.29 Å². The van der Waals surface area contributed by atoms with Gasteiger partial charge in [-0.1, -0.05) is 25.3 Å². The third-order valence-electron chi connectivity index (χ3n) is 3.13. The van der Waals surface area contributed by atoms with E-state index in [1.807, 2.05) is 13.1 Å². The van der Waals surface area contributed by atoms with E-state index in [0.717, 1.165) is 5.56 Å². The summed E-state index contributed by atoms with van der Waals surface area (Å²) in [7, 11) is -1.13. The highest BCUT2D eigenvalue weighted by Gasteiger charge is 2.31. The summed E-state index contributed by atoms with van der Waals surface area (Å²) in [5.41, 5.74) is 1.31. The molecule has 23 heavy (non-hydrogen) atoms. The second kappa shape index (κ2) is 8.21. The number of rotatable bonds is 7. The molecule has 0 aliphatic carbocycles. The van der Waals surface area contributed by atoms with Crippen molar-refractivity contribution >= 4 is 17.3 Å². The maximum absolute atomic E-state index is 11.1. The molecular formula is C15H26O6PSi+. The Kier molecular flexibility index (Phi) is 7.17. The number of hydrogen-bond acceptors (Lipinski definition) is 5. The number of hydrogen-bond donors (Lipinski definition) is 1. The van der Waals surface area contributed by atoms with Crippen LogP contribution in [-0.2, 0) is 18.9 Å². The second-order valence-electron chi connectivity index (χ2n) is 6.41. The van der Waals surface area contributed by atoms with Crippen LogP contribution < -0.4 is 9.47 Å². The van der Waals surface area contributed by atoms with Crippen LogP contribution in [0.5, 0.6) is 11.5 Å². The maximum atomic E-state index is 11.1. The van der Waals surface area contributed by atoms with E-state index >= 15 is 0 Å². The predicted octanol–water partition coefficient (Wildman–Crippen LogP) is 3.67. The van der Waals surface area contributed by atoms with Crippen LogP contribution in [0, 0.1) is 0 Å². The number of benzene rings is 1. The molecule has 1 N–H and O–H groups in total. The summed E-state index contributed by atoms with van der Waals surface area (Å²) in [5, 5.41) is 0. The summed E-state index contributed by atoms with van der Waals surface area (Å²) in [6, 6.07) is 3.53. The summed E-state index contributed by atoms with van der Waals surface area (Å²) >= 11 is 0. The minimum absolute atomic E-state index is 0.193. The Morgan fingerprint density at radius 2 is 1.61 bits per heavy atom. The van der Waals surface area contributed by atoms with Crippen LogP contribution in [-0.4, -0.2) is 28.2 Å². The Hall–Kier alpha value is -0.983. The molecule has 6 nitrogen and oxygen atoms in total. The molecule has 0 aliphatic rings. The zero-order valence-corrected chi connectivity index (χ0v) is 16.8. The van der Waals surface area contributed by atoms with Crippen molar-refractivity contribution in [1.29, 1.82) is 0 Å². The first-order valence-electron chi connectivity index (χ1n) is 7.35. The Morgan fingerprint density at radius 3 is 1.91 bits per heavy atom. The lowest BCUT2D eigenvalue weighted by Crippen LogP contribution is -2.18.